The molecule has 25 heavy (non-hydrogen) atoms. The van der Waals surface area contributed by atoms with Crippen LogP contribution in [0.5, 0.6) is 0 Å². The number of anilines is 1. The highest BCUT2D eigenvalue weighted by Gasteiger charge is 2.21. The average Bonchev–Trinajstić information content (AvgIpc) is 2.96. The van der Waals surface area contributed by atoms with Crippen molar-refractivity contribution in [2.24, 2.45) is 0 Å². The van der Waals surface area contributed by atoms with Gasteiger partial charge in [0, 0.05) is 25.1 Å². The number of fused-ring (bicyclic) bond motifs is 1. The van der Waals surface area contributed by atoms with Gasteiger partial charge in [-0.15, -0.1) is 0 Å². The zero-order valence-corrected chi connectivity index (χ0v) is 15.2. The van der Waals surface area contributed by atoms with Gasteiger partial charge < -0.3 is 15.1 Å². The van der Waals surface area contributed by atoms with E-state index >= 15 is 0 Å². The summed E-state index contributed by atoms with van der Waals surface area (Å²) in [5.74, 6) is -1.52. The van der Waals surface area contributed by atoms with Crippen LogP contribution < -0.4 is 5.32 Å². The van der Waals surface area contributed by atoms with Crippen molar-refractivity contribution in [3.05, 3.63) is 23.8 Å². The van der Waals surface area contributed by atoms with E-state index in [1.807, 2.05) is 0 Å². The molecule has 0 spiro atoms. The number of nitrogens with one attached hydrogen (secondary N) is 1. The van der Waals surface area contributed by atoms with Gasteiger partial charge in [0.1, 0.15) is 11.3 Å². The number of piperidine rings is 1. The van der Waals surface area contributed by atoms with Crippen LogP contribution in [0.15, 0.2) is 12.1 Å². The number of thiazole rings is 1. The summed E-state index contributed by atoms with van der Waals surface area (Å²) < 4.78 is 27.3. The number of aromatic nitrogens is 1. The van der Waals surface area contributed by atoms with E-state index < -0.39 is 11.6 Å². The minimum absolute atomic E-state index is 0.0902. The number of nitrogens with zero attached hydrogens (tertiary/aromatic N) is 3. The summed E-state index contributed by atoms with van der Waals surface area (Å²) >= 11 is 1.08. The Morgan fingerprint density at radius 2 is 2.08 bits per heavy atom. The number of rotatable bonds is 5. The predicted molar refractivity (Wildman–Crippen MR) is 95.9 cm³/mol. The van der Waals surface area contributed by atoms with Crippen LogP contribution in [-0.2, 0) is 4.79 Å². The first-order chi connectivity index (χ1) is 11.9. The Balaban J connectivity index is 1.51. The number of halogens is 2. The number of likely N-dealkylation sites (tertiary alicyclic amines) is 1. The topological polar surface area (TPSA) is 48.5 Å². The zero-order valence-electron chi connectivity index (χ0n) is 14.4. The molecule has 1 aromatic carbocycles. The maximum Gasteiger partial charge on any atom is 0.227 e. The molecule has 0 aliphatic carbocycles. The fraction of sp³-hybridized carbons (Fsp3) is 0.529. The lowest BCUT2D eigenvalue weighted by Crippen LogP contribution is -2.42. The summed E-state index contributed by atoms with van der Waals surface area (Å²) in [6, 6.07) is 2.63. The number of carbonyl (C=O) groups excluding carboxylic acids is 1. The number of benzene rings is 1. The zero-order chi connectivity index (χ0) is 18.0. The van der Waals surface area contributed by atoms with Crippen LogP contribution in [0, 0.1) is 11.6 Å². The van der Waals surface area contributed by atoms with Crippen LogP contribution in [0.25, 0.3) is 10.2 Å². The number of carbonyl (C=O) groups is 1. The van der Waals surface area contributed by atoms with E-state index in [-0.39, 0.29) is 11.4 Å². The highest BCUT2D eigenvalue weighted by molar-refractivity contribution is 7.22. The first-order valence-electron chi connectivity index (χ1n) is 8.36. The summed E-state index contributed by atoms with van der Waals surface area (Å²) in [4.78, 5) is 20.7. The fourth-order valence-corrected chi connectivity index (χ4v) is 4.03. The molecule has 1 aliphatic heterocycles. The van der Waals surface area contributed by atoms with Crippen molar-refractivity contribution in [1.29, 1.82) is 0 Å². The SMILES string of the molecule is CN(C)C1CCN(CCC(=O)Nc2nc3c(F)cc(F)cc3s2)CC1. The number of amides is 1. The minimum atomic E-state index is -0.712. The Morgan fingerprint density at radius 1 is 1.36 bits per heavy atom. The maximum absolute atomic E-state index is 13.7. The van der Waals surface area contributed by atoms with Crippen LogP contribution in [0.3, 0.4) is 0 Å². The molecule has 0 bridgehead atoms. The van der Waals surface area contributed by atoms with E-state index in [1.54, 1.807) is 0 Å². The smallest absolute Gasteiger partial charge is 0.227 e. The second-order valence-corrected chi connectivity index (χ2v) is 7.62. The van der Waals surface area contributed by atoms with Crippen molar-refractivity contribution in [3.63, 3.8) is 0 Å². The van der Waals surface area contributed by atoms with Crippen LogP contribution in [0.4, 0.5) is 13.9 Å². The maximum atomic E-state index is 13.7. The van der Waals surface area contributed by atoms with Crippen molar-refractivity contribution in [3.8, 4) is 0 Å². The molecule has 0 saturated carbocycles. The summed E-state index contributed by atoms with van der Waals surface area (Å²) in [7, 11) is 4.20. The molecule has 0 atom stereocenters. The third-order valence-corrected chi connectivity index (χ3v) is 5.52. The van der Waals surface area contributed by atoms with Crippen molar-refractivity contribution < 1.29 is 13.6 Å². The van der Waals surface area contributed by atoms with Gasteiger partial charge >= 0.3 is 0 Å². The van der Waals surface area contributed by atoms with Crippen molar-refractivity contribution >= 4 is 32.6 Å². The Labute approximate surface area is 149 Å². The molecule has 1 aromatic heterocycles. The van der Waals surface area contributed by atoms with Crippen LogP contribution >= 0.6 is 11.3 Å². The van der Waals surface area contributed by atoms with E-state index in [2.05, 4.69) is 34.2 Å². The first kappa shape index (κ1) is 18.2. The molecule has 2 aromatic rings. The second kappa shape index (κ2) is 7.72. The average molecular weight is 368 g/mol. The van der Waals surface area contributed by atoms with Gasteiger partial charge in [0.05, 0.1) is 4.70 Å². The molecule has 1 saturated heterocycles. The molecule has 1 fully saturated rings. The van der Waals surface area contributed by atoms with Gasteiger partial charge in [0.15, 0.2) is 10.9 Å². The van der Waals surface area contributed by atoms with Crippen LogP contribution in [0.1, 0.15) is 19.3 Å². The molecule has 1 N–H and O–H groups in total. The van der Waals surface area contributed by atoms with Gasteiger partial charge in [-0.25, -0.2) is 13.8 Å². The molecular weight excluding hydrogens is 346 g/mol. The standard InChI is InChI=1S/C17H22F2N4OS/c1-22(2)12-3-6-23(7-4-12)8-5-15(24)20-17-21-16-13(19)9-11(18)10-14(16)25-17/h9-10,12H,3-8H2,1-2H3,(H,20,21,24). The predicted octanol–water partition coefficient (Wildman–Crippen LogP) is 2.93. The number of hydrogen-bond acceptors (Lipinski definition) is 5. The molecule has 2 heterocycles. The third-order valence-electron chi connectivity index (χ3n) is 4.60. The molecule has 3 rings (SSSR count). The van der Waals surface area contributed by atoms with Crippen LogP contribution in [-0.4, -0.2) is 60.5 Å². The van der Waals surface area contributed by atoms with Gasteiger partial charge in [-0.05, 0) is 46.1 Å². The minimum Gasteiger partial charge on any atom is -0.306 e. The quantitative estimate of drug-likeness (QED) is 0.882. The fourth-order valence-electron chi connectivity index (χ4n) is 3.11. The number of hydrogen-bond donors (Lipinski definition) is 1. The monoisotopic (exact) mass is 368 g/mol. The van der Waals surface area contributed by atoms with Crippen LogP contribution in [0.2, 0.25) is 0 Å². The van der Waals surface area contributed by atoms with E-state index in [0.29, 0.717) is 28.8 Å². The van der Waals surface area contributed by atoms with Gasteiger partial charge in [0.25, 0.3) is 0 Å². The van der Waals surface area contributed by atoms with Crippen molar-refractivity contribution in [2.75, 3.05) is 39.0 Å². The molecule has 0 unspecified atom stereocenters. The molecule has 136 valence electrons. The van der Waals surface area contributed by atoms with E-state index in [0.717, 1.165) is 43.3 Å². The Morgan fingerprint density at radius 3 is 2.76 bits per heavy atom. The van der Waals surface area contributed by atoms with Gasteiger partial charge in [-0.1, -0.05) is 11.3 Å². The van der Waals surface area contributed by atoms with E-state index in [9.17, 15) is 13.6 Å². The molecule has 5 nitrogen and oxygen atoms in total. The van der Waals surface area contributed by atoms with Gasteiger partial charge in [0.2, 0.25) is 5.91 Å². The van der Waals surface area contributed by atoms with E-state index in [4.69, 9.17) is 0 Å². The van der Waals surface area contributed by atoms with Gasteiger partial charge in [-0.2, -0.15) is 0 Å². The molecular formula is C17H22F2N4OS. The molecule has 8 heteroatoms. The largest absolute Gasteiger partial charge is 0.306 e. The lowest BCUT2D eigenvalue weighted by Gasteiger charge is -2.35. The summed E-state index contributed by atoms with van der Waals surface area (Å²) in [6.45, 7) is 2.67. The van der Waals surface area contributed by atoms with E-state index in [1.165, 1.54) is 6.07 Å². The second-order valence-electron chi connectivity index (χ2n) is 6.59. The summed E-state index contributed by atoms with van der Waals surface area (Å²) in [6.07, 6.45) is 2.58. The highest BCUT2D eigenvalue weighted by atomic mass is 32.1. The van der Waals surface area contributed by atoms with Crippen molar-refractivity contribution in [1.82, 2.24) is 14.8 Å². The lowest BCUT2D eigenvalue weighted by molar-refractivity contribution is -0.116. The normalized spacial score (nSPS) is 16.7. The van der Waals surface area contributed by atoms with Gasteiger partial charge in [-0.3, -0.25) is 4.79 Å². The van der Waals surface area contributed by atoms with Crippen molar-refractivity contribution in [2.45, 2.75) is 25.3 Å². The summed E-state index contributed by atoms with van der Waals surface area (Å²) in [5.41, 5.74) is 0.0902. The first-order valence-corrected chi connectivity index (χ1v) is 9.18. The lowest BCUT2D eigenvalue weighted by atomic mass is 10.0. The third kappa shape index (κ3) is 4.50. The summed E-state index contributed by atoms with van der Waals surface area (Å²) in [5, 5.41) is 2.99. The molecule has 0 radical (unpaired) electrons. The Kier molecular flexibility index (Phi) is 5.61. The molecule has 1 aliphatic rings. The molecule has 1 amide bonds. The Bertz CT molecular complexity index is 756. The Hall–Kier alpha value is -1.64. The highest BCUT2D eigenvalue weighted by Crippen LogP contribution is 2.28.